The van der Waals surface area contributed by atoms with Gasteiger partial charge in [-0.25, -0.2) is 13.4 Å². The van der Waals surface area contributed by atoms with Gasteiger partial charge in [0.25, 0.3) is 5.91 Å². The third-order valence-corrected chi connectivity index (χ3v) is 8.65. The van der Waals surface area contributed by atoms with Crippen LogP contribution in [-0.4, -0.2) is 31.4 Å². The van der Waals surface area contributed by atoms with Crippen LogP contribution in [0.15, 0.2) is 137 Å². The minimum absolute atomic E-state index is 0.0858. The van der Waals surface area contributed by atoms with Crippen LogP contribution >= 0.6 is 0 Å². The Bertz CT molecular complexity index is 1890. The van der Waals surface area contributed by atoms with Crippen molar-refractivity contribution in [2.24, 2.45) is 5.73 Å². The highest BCUT2D eigenvalue weighted by Crippen LogP contribution is 2.35. The third kappa shape index (κ3) is 6.09. The SMILES string of the molecule is COc1c(C(N)=O)ccc(S(=O)(=O)c2ccccc2)c1Cc1ccc(-c2ccccc2)cc1.c1ccc2[nH]cnc2c1. The predicted molar refractivity (Wildman–Crippen MR) is 164 cm³/mol. The van der Waals surface area contributed by atoms with Gasteiger partial charge in [-0.1, -0.05) is 84.9 Å². The lowest BCUT2D eigenvalue weighted by atomic mass is 9.98. The van der Waals surface area contributed by atoms with E-state index < -0.39 is 15.7 Å². The Morgan fingerprint density at radius 1 is 0.786 bits per heavy atom. The first-order chi connectivity index (χ1) is 20.4. The number of fused-ring (bicyclic) bond motifs is 1. The number of aromatic amines is 1. The second-order valence-corrected chi connectivity index (χ2v) is 11.4. The van der Waals surface area contributed by atoms with Gasteiger partial charge in [0.1, 0.15) is 5.75 Å². The van der Waals surface area contributed by atoms with Crippen LogP contribution in [0.2, 0.25) is 0 Å². The first kappa shape index (κ1) is 28.3. The monoisotopic (exact) mass is 575 g/mol. The number of carbonyl (C=O) groups excluding carboxylic acids is 1. The molecule has 210 valence electrons. The zero-order valence-corrected chi connectivity index (χ0v) is 23.7. The van der Waals surface area contributed by atoms with Gasteiger partial charge in [0.15, 0.2) is 0 Å². The molecule has 0 aliphatic rings. The molecule has 8 heteroatoms. The van der Waals surface area contributed by atoms with Gasteiger partial charge >= 0.3 is 0 Å². The zero-order chi connectivity index (χ0) is 29.5. The number of sulfone groups is 1. The maximum atomic E-state index is 13.5. The van der Waals surface area contributed by atoms with Gasteiger partial charge < -0.3 is 15.5 Å². The summed E-state index contributed by atoms with van der Waals surface area (Å²) in [4.78, 5) is 19.3. The number of nitrogens with zero attached hydrogens (tertiary/aromatic N) is 1. The summed E-state index contributed by atoms with van der Waals surface area (Å²) in [5.41, 5.74) is 11.2. The second-order valence-electron chi connectivity index (χ2n) is 9.46. The maximum absolute atomic E-state index is 13.5. The van der Waals surface area contributed by atoms with Crippen molar-refractivity contribution in [3.05, 3.63) is 144 Å². The summed E-state index contributed by atoms with van der Waals surface area (Å²) in [6, 6.07) is 36.8. The minimum atomic E-state index is -3.85. The van der Waals surface area contributed by atoms with Gasteiger partial charge in [-0.3, -0.25) is 4.79 Å². The lowest BCUT2D eigenvalue weighted by Crippen LogP contribution is -2.16. The van der Waals surface area contributed by atoms with E-state index in [-0.39, 0.29) is 27.5 Å². The number of nitrogens with two attached hydrogens (primary N) is 1. The van der Waals surface area contributed by atoms with Crippen LogP contribution < -0.4 is 10.5 Å². The number of hydrogen-bond acceptors (Lipinski definition) is 5. The van der Waals surface area contributed by atoms with Crippen LogP contribution in [0.3, 0.4) is 0 Å². The number of hydrogen-bond donors (Lipinski definition) is 2. The predicted octanol–water partition coefficient (Wildman–Crippen LogP) is 6.45. The number of H-pyrrole nitrogens is 1. The Morgan fingerprint density at radius 2 is 1.40 bits per heavy atom. The van der Waals surface area contributed by atoms with Crippen LogP contribution in [-0.2, 0) is 16.3 Å². The number of carbonyl (C=O) groups is 1. The smallest absolute Gasteiger partial charge is 0.252 e. The number of aromatic nitrogens is 2. The summed E-state index contributed by atoms with van der Waals surface area (Å²) in [5.74, 6) is -0.511. The standard InChI is InChI=1S/C27H23NO4S.C7H6N2/c1-32-26-23(27(28)29)16-17-25(33(30,31)22-10-6-3-7-11-22)24(26)18-19-12-14-21(15-13-19)20-8-4-2-5-9-20;1-2-4-7-6(3-1)8-5-9-7/h2-17H,18H2,1H3,(H2,28,29);1-5H,(H,8,9). The fourth-order valence-electron chi connectivity index (χ4n) is 4.71. The molecule has 1 heterocycles. The highest BCUT2D eigenvalue weighted by Gasteiger charge is 2.26. The molecule has 0 atom stereocenters. The molecule has 0 saturated carbocycles. The number of rotatable bonds is 7. The van der Waals surface area contributed by atoms with Crippen LogP contribution in [0.4, 0.5) is 0 Å². The largest absolute Gasteiger partial charge is 0.496 e. The van der Waals surface area contributed by atoms with E-state index in [1.165, 1.54) is 19.2 Å². The molecule has 5 aromatic carbocycles. The van der Waals surface area contributed by atoms with Crippen LogP contribution in [0, 0.1) is 0 Å². The number of amides is 1. The fraction of sp³-hybridized carbons (Fsp3) is 0.0588. The molecule has 6 rings (SSSR count). The van der Waals surface area contributed by atoms with Crippen LogP contribution in [0.1, 0.15) is 21.5 Å². The Morgan fingerprint density at radius 3 is 2.05 bits per heavy atom. The fourth-order valence-corrected chi connectivity index (χ4v) is 6.22. The van der Waals surface area contributed by atoms with Gasteiger partial charge in [0.2, 0.25) is 9.84 Å². The molecule has 0 fully saturated rings. The molecule has 1 aromatic heterocycles. The number of benzene rings is 5. The second kappa shape index (κ2) is 12.5. The van der Waals surface area contributed by atoms with E-state index in [1.807, 2.05) is 78.9 Å². The Labute approximate surface area is 244 Å². The summed E-state index contributed by atoms with van der Waals surface area (Å²) in [6.45, 7) is 0. The van der Waals surface area contributed by atoms with Crippen molar-refractivity contribution >= 4 is 26.8 Å². The lowest BCUT2D eigenvalue weighted by Gasteiger charge is -2.17. The van der Waals surface area contributed by atoms with Crippen molar-refractivity contribution in [2.75, 3.05) is 7.11 Å². The maximum Gasteiger partial charge on any atom is 0.252 e. The van der Waals surface area contributed by atoms with E-state index in [9.17, 15) is 13.2 Å². The van der Waals surface area contributed by atoms with Crippen molar-refractivity contribution in [3.63, 3.8) is 0 Å². The molecular weight excluding hydrogens is 546 g/mol. The highest BCUT2D eigenvalue weighted by molar-refractivity contribution is 7.91. The molecule has 0 saturated heterocycles. The van der Waals surface area contributed by atoms with Gasteiger partial charge in [0.05, 0.1) is 39.8 Å². The summed E-state index contributed by atoms with van der Waals surface area (Å²) in [6.07, 6.45) is 1.95. The Kier molecular flexibility index (Phi) is 8.45. The van der Waals surface area contributed by atoms with Crippen molar-refractivity contribution in [1.29, 1.82) is 0 Å². The van der Waals surface area contributed by atoms with Crippen molar-refractivity contribution < 1.29 is 17.9 Å². The molecule has 7 nitrogen and oxygen atoms in total. The van der Waals surface area contributed by atoms with E-state index in [2.05, 4.69) is 9.97 Å². The lowest BCUT2D eigenvalue weighted by molar-refractivity contribution is 0.0997. The molecule has 0 aliphatic heterocycles. The molecule has 0 radical (unpaired) electrons. The van der Waals surface area contributed by atoms with E-state index >= 15 is 0 Å². The molecule has 6 aromatic rings. The van der Waals surface area contributed by atoms with Crippen molar-refractivity contribution in [1.82, 2.24) is 9.97 Å². The highest BCUT2D eigenvalue weighted by atomic mass is 32.2. The third-order valence-electron chi connectivity index (χ3n) is 6.80. The number of nitrogens with one attached hydrogen (secondary N) is 1. The van der Waals surface area contributed by atoms with Crippen molar-refractivity contribution in [2.45, 2.75) is 16.2 Å². The van der Waals surface area contributed by atoms with Crippen LogP contribution in [0.25, 0.3) is 22.2 Å². The molecular formula is C34H29N3O4S. The minimum Gasteiger partial charge on any atom is -0.496 e. The number of methoxy groups -OCH3 is 1. The summed E-state index contributed by atoms with van der Waals surface area (Å²) in [7, 11) is -2.44. The van der Waals surface area contributed by atoms with Gasteiger partial charge in [-0.05, 0) is 53.1 Å². The van der Waals surface area contributed by atoms with Gasteiger partial charge in [-0.15, -0.1) is 0 Å². The number of primary amides is 1. The number of para-hydroxylation sites is 2. The average Bonchev–Trinajstić information content (AvgIpc) is 3.51. The summed E-state index contributed by atoms with van der Waals surface area (Å²) < 4.78 is 32.4. The first-order valence-corrected chi connectivity index (χ1v) is 14.7. The Hall–Kier alpha value is -5.21. The first-order valence-electron chi connectivity index (χ1n) is 13.2. The molecule has 0 spiro atoms. The molecule has 0 aliphatic carbocycles. The van der Waals surface area contributed by atoms with Crippen molar-refractivity contribution in [3.8, 4) is 16.9 Å². The molecule has 42 heavy (non-hydrogen) atoms. The summed E-state index contributed by atoms with van der Waals surface area (Å²) >= 11 is 0. The van der Waals surface area contributed by atoms with E-state index in [0.29, 0.717) is 5.56 Å². The normalized spacial score (nSPS) is 11.0. The topological polar surface area (TPSA) is 115 Å². The van der Waals surface area contributed by atoms with E-state index in [4.69, 9.17) is 10.5 Å². The Balaban J connectivity index is 0.000000330. The summed E-state index contributed by atoms with van der Waals surface area (Å²) in [5, 5.41) is 0. The van der Waals surface area contributed by atoms with E-state index in [0.717, 1.165) is 27.7 Å². The van der Waals surface area contributed by atoms with Gasteiger partial charge in [0, 0.05) is 12.0 Å². The molecule has 3 N–H and O–H groups in total. The molecule has 1 amide bonds. The average molecular weight is 576 g/mol. The van der Waals surface area contributed by atoms with Crippen LogP contribution in [0.5, 0.6) is 5.75 Å². The quantitative estimate of drug-likeness (QED) is 0.227. The number of ether oxygens (including phenoxy) is 1. The molecule has 0 unspecified atom stereocenters. The van der Waals surface area contributed by atoms with Gasteiger partial charge in [-0.2, -0.15) is 0 Å². The zero-order valence-electron chi connectivity index (χ0n) is 22.9. The van der Waals surface area contributed by atoms with E-state index in [1.54, 1.807) is 36.7 Å². The number of imidazole rings is 1. The molecule has 0 bridgehead atoms.